The zero-order valence-electron chi connectivity index (χ0n) is 12.0. The summed E-state index contributed by atoms with van der Waals surface area (Å²) in [6.45, 7) is 0. The van der Waals surface area contributed by atoms with Crippen LogP contribution in [0, 0.1) is 10.1 Å². The second-order valence-electron chi connectivity index (χ2n) is 4.92. The van der Waals surface area contributed by atoms with Crippen molar-refractivity contribution in [3.63, 3.8) is 0 Å². The van der Waals surface area contributed by atoms with Crippen LogP contribution in [0.5, 0.6) is 0 Å². The van der Waals surface area contributed by atoms with Crippen LogP contribution in [0.3, 0.4) is 0 Å². The van der Waals surface area contributed by atoms with E-state index in [4.69, 9.17) is 11.6 Å². The average Bonchev–Trinajstić information content (AvgIpc) is 2.54. The van der Waals surface area contributed by atoms with Gasteiger partial charge in [0.25, 0.3) is 11.6 Å². The van der Waals surface area contributed by atoms with Crippen LogP contribution in [0.1, 0.15) is 10.4 Å². The molecule has 9 heteroatoms. The summed E-state index contributed by atoms with van der Waals surface area (Å²) in [6, 6.07) is 8.75. The molecular weight excluding hydrogens is 354 g/mol. The molecule has 3 rings (SSSR count). The predicted octanol–water partition coefficient (Wildman–Crippen LogP) is 3.54. The van der Waals surface area contributed by atoms with E-state index in [9.17, 15) is 19.7 Å². The van der Waals surface area contributed by atoms with Crippen molar-refractivity contribution in [2.45, 2.75) is 4.90 Å². The minimum atomic E-state index is -0.598. The number of fused-ring (bicyclic) bond motifs is 1. The Balaban J connectivity index is 1.85. The Morgan fingerprint density at radius 1 is 1.29 bits per heavy atom. The Morgan fingerprint density at radius 3 is 2.83 bits per heavy atom. The number of nitrogens with one attached hydrogen (secondary N) is 2. The van der Waals surface area contributed by atoms with Gasteiger partial charge in [0.05, 0.1) is 26.9 Å². The molecular formula is C15H10ClN3O4S. The Hall–Kier alpha value is -2.58. The Labute approximate surface area is 145 Å². The Kier molecular flexibility index (Phi) is 4.41. The Bertz CT molecular complexity index is 872. The fraction of sp³-hybridized carbons (Fsp3) is 0.0667. The molecule has 0 saturated carbocycles. The molecule has 0 bridgehead atoms. The van der Waals surface area contributed by atoms with Crippen molar-refractivity contribution < 1.29 is 14.5 Å². The second-order valence-corrected chi connectivity index (χ2v) is 6.35. The van der Waals surface area contributed by atoms with E-state index < -0.39 is 10.8 Å². The highest BCUT2D eigenvalue weighted by Gasteiger charge is 2.18. The van der Waals surface area contributed by atoms with Crippen molar-refractivity contribution in [1.82, 2.24) is 0 Å². The molecule has 2 amide bonds. The maximum absolute atomic E-state index is 12.3. The van der Waals surface area contributed by atoms with E-state index in [1.165, 1.54) is 23.9 Å². The summed E-state index contributed by atoms with van der Waals surface area (Å²) in [5, 5.41) is 16.3. The summed E-state index contributed by atoms with van der Waals surface area (Å²) in [5.74, 6) is -0.335. The summed E-state index contributed by atoms with van der Waals surface area (Å²) in [5.41, 5.74) is 0.837. The van der Waals surface area contributed by atoms with Gasteiger partial charge in [-0.2, -0.15) is 0 Å². The summed E-state index contributed by atoms with van der Waals surface area (Å²) < 4.78 is 0. The van der Waals surface area contributed by atoms with Crippen LogP contribution >= 0.6 is 23.4 Å². The predicted molar refractivity (Wildman–Crippen MR) is 91.9 cm³/mol. The van der Waals surface area contributed by atoms with Gasteiger partial charge in [0.15, 0.2) is 0 Å². The first-order chi connectivity index (χ1) is 11.4. The van der Waals surface area contributed by atoms with Crippen LogP contribution < -0.4 is 10.6 Å². The molecule has 2 aromatic carbocycles. The zero-order chi connectivity index (χ0) is 17.3. The highest BCUT2D eigenvalue weighted by molar-refractivity contribution is 8.00. The minimum absolute atomic E-state index is 0.00185. The number of hydrogen-bond donors (Lipinski definition) is 2. The lowest BCUT2D eigenvalue weighted by Crippen LogP contribution is -2.19. The lowest BCUT2D eigenvalue weighted by Gasteiger charge is -2.17. The van der Waals surface area contributed by atoms with E-state index in [-0.39, 0.29) is 22.2 Å². The molecule has 0 spiro atoms. The lowest BCUT2D eigenvalue weighted by atomic mass is 10.1. The first kappa shape index (κ1) is 16.3. The number of nitro groups is 1. The number of amides is 2. The van der Waals surface area contributed by atoms with E-state index in [2.05, 4.69) is 10.6 Å². The van der Waals surface area contributed by atoms with E-state index in [0.29, 0.717) is 17.1 Å². The van der Waals surface area contributed by atoms with Crippen LogP contribution in [0.4, 0.5) is 17.1 Å². The number of nitrogens with zero attached hydrogens (tertiary/aromatic N) is 1. The normalized spacial score (nSPS) is 13.0. The molecule has 0 fully saturated rings. The lowest BCUT2D eigenvalue weighted by molar-refractivity contribution is -0.384. The third-order valence-electron chi connectivity index (χ3n) is 3.28. The third-order valence-corrected chi connectivity index (χ3v) is 4.68. The standard InChI is InChI=1S/C15H10ClN3O4S/c16-11-3-2-9(19(22)23)6-10(11)15(21)17-8-1-4-13-12(5-8)18-14(20)7-24-13/h1-6H,7H2,(H,17,21)(H,18,20). The number of thioether (sulfide) groups is 1. The molecule has 0 atom stereocenters. The third kappa shape index (κ3) is 3.34. The number of carbonyl (C=O) groups excluding carboxylic acids is 2. The number of non-ortho nitro benzene ring substituents is 1. The smallest absolute Gasteiger partial charge is 0.270 e. The van der Waals surface area contributed by atoms with Crippen molar-refractivity contribution in [1.29, 1.82) is 0 Å². The van der Waals surface area contributed by atoms with E-state index in [1.54, 1.807) is 18.2 Å². The van der Waals surface area contributed by atoms with Crippen LogP contribution in [0.15, 0.2) is 41.3 Å². The molecule has 24 heavy (non-hydrogen) atoms. The van der Waals surface area contributed by atoms with Crippen LogP contribution in [-0.2, 0) is 4.79 Å². The molecule has 0 aliphatic carbocycles. The summed E-state index contributed by atoms with van der Waals surface area (Å²) in [4.78, 5) is 34.9. The largest absolute Gasteiger partial charge is 0.324 e. The molecule has 0 saturated heterocycles. The molecule has 7 nitrogen and oxygen atoms in total. The first-order valence-corrected chi connectivity index (χ1v) is 8.12. The molecule has 2 N–H and O–H groups in total. The molecule has 2 aromatic rings. The number of nitro benzene ring substituents is 1. The second kappa shape index (κ2) is 6.50. The maximum Gasteiger partial charge on any atom is 0.270 e. The van der Waals surface area contributed by atoms with Gasteiger partial charge in [-0.25, -0.2) is 0 Å². The van der Waals surface area contributed by atoms with Crippen LogP contribution in [-0.4, -0.2) is 22.5 Å². The fourth-order valence-electron chi connectivity index (χ4n) is 2.16. The molecule has 0 aromatic heterocycles. The van der Waals surface area contributed by atoms with Crippen molar-refractivity contribution in [2.75, 3.05) is 16.4 Å². The topological polar surface area (TPSA) is 101 Å². The van der Waals surface area contributed by atoms with Crippen molar-refractivity contribution >= 4 is 52.2 Å². The van der Waals surface area contributed by atoms with E-state index in [1.807, 2.05) is 0 Å². The molecule has 1 aliphatic rings. The number of hydrogen-bond acceptors (Lipinski definition) is 5. The number of halogens is 1. The molecule has 0 unspecified atom stereocenters. The number of benzene rings is 2. The molecule has 122 valence electrons. The van der Waals surface area contributed by atoms with Crippen molar-refractivity contribution in [3.8, 4) is 0 Å². The molecule has 1 heterocycles. The van der Waals surface area contributed by atoms with E-state index in [0.717, 1.165) is 11.0 Å². The number of carbonyl (C=O) groups is 2. The first-order valence-electron chi connectivity index (χ1n) is 6.76. The SMILES string of the molecule is O=C1CSc2ccc(NC(=O)c3cc([N+](=O)[O-])ccc3Cl)cc2N1. The van der Waals surface area contributed by atoms with Gasteiger partial charge in [-0.05, 0) is 24.3 Å². The van der Waals surface area contributed by atoms with Gasteiger partial charge >= 0.3 is 0 Å². The van der Waals surface area contributed by atoms with Crippen molar-refractivity contribution in [3.05, 3.63) is 57.1 Å². The van der Waals surface area contributed by atoms with Gasteiger partial charge in [0, 0.05) is 22.7 Å². The van der Waals surface area contributed by atoms with Gasteiger partial charge in [-0.15, -0.1) is 11.8 Å². The molecule has 0 radical (unpaired) electrons. The minimum Gasteiger partial charge on any atom is -0.324 e. The highest BCUT2D eigenvalue weighted by atomic mass is 35.5. The van der Waals surface area contributed by atoms with Crippen molar-refractivity contribution in [2.24, 2.45) is 0 Å². The van der Waals surface area contributed by atoms with Gasteiger partial charge in [0.2, 0.25) is 5.91 Å². The van der Waals surface area contributed by atoms with Crippen LogP contribution in [0.25, 0.3) is 0 Å². The fourth-order valence-corrected chi connectivity index (χ4v) is 3.15. The Morgan fingerprint density at radius 2 is 2.08 bits per heavy atom. The quantitative estimate of drug-likeness (QED) is 0.641. The summed E-state index contributed by atoms with van der Waals surface area (Å²) in [7, 11) is 0. The van der Waals surface area contributed by atoms with E-state index >= 15 is 0 Å². The average molecular weight is 364 g/mol. The maximum atomic E-state index is 12.3. The van der Waals surface area contributed by atoms with Gasteiger partial charge in [-0.3, -0.25) is 19.7 Å². The summed E-state index contributed by atoms with van der Waals surface area (Å²) >= 11 is 7.36. The number of anilines is 2. The molecule has 1 aliphatic heterocycles. The summed E-state index contributed by atoms with van der Waals surface area (Å²) in [6.07, 6.45) is 0. The zero-order valence-corrected chi connectivity index (χ0v) is 13.6. The number of rotatable bonds is 3. The monoisotopic (exact) mass is 363 g/mol. The van der Waals surface area contributed by atoms with Crippen LogP contribution in [0.2, 0.25) is 5.02 Å². The highest BCUT2D eigenvalue weighted by Crippen LogP contribution is 2.33. The van der Waals surface area contributed by atoms with Gasteiger partial charge < -0.3 is 10.6 Å². The van der Waals surface area contributed by atoms with Gasteiger partial charge in [0.1, 0.15) is 0 Å². The van der Waals surface area contributed by atoms with Gasteiger partial charge in [-0.1, -0.05) is 11.6 Å².